The Morgan fingerprint density at radius 1 is 1.35 bits per heavy atom. The van der Waals surface area contributed by atoms with Gasteiger partial charge in [0, 0.05) is 30.5 Å². The Morgan fingerprint density at radius 3 is 2.76 bits per heavy atom. The summed E-state index contributed by atoms with van der Waals surface area (Å²) in [4.78, 5) is 4.82. The van der Waals surface area contributed by atoms with E-state index in [2.05, 4.69) is 43.0 Å². The van der Waals surface area contributed by atoms with Gasteiger partial charge >= 0.3 is 0 Å². The highest BCUT2D eigenvalue weighted by Crippen LogP contribution is 2.26. The van der Waals surface area contributed by atoms with Gasteiger partial charge in [0.2, 0.25) is 0 Å². The van der Waals surface area contributed by atoms with Crippen molar-refractivity contribution in [3.05, 3.63) is 23.8 Å². The standard InChI is InChI=1S/C14H23N3/c1-11-9-12(15)6-7-14(11)17-8-4-5-13(10-17)16(2)3/h6-7,9,13H,4-5,8,10,15H2,1-3H3. The molecule has 0 saturated carbocycles. The molecule has 0 amide bonds. The molecule has 3 heteroatoms. The summed E-state index contributed by atoms with van der Waals surface area (Å²) in [5.41, 5.74) is 9.28. The highest BCUT2D eigenvalue weighted by Gasteiger charge is 2.22. The van der Waals surface area contributed by atoms with E-state index < -0.39 is 0 Å². The van der Waals surface area contributed by atoms with Crippen LogP contribution in [0.15, 0.2) is 18.2 Å². The molecule has 0 bridgehead atoms. The zero-order valence-electron chi connectivity index (χ0n) is 11.1. The normalized spacial score (nSPS) is 20.9. The SMILES string of the molecule is Cc1cc(N)ccc1N1CCCC(N(C)C)C1. The van der Waals surface area contributed by atoms with Crippen molar-refractivity contribution in [1.82, 2.24) is 4.90 Å². The number of nitrogen functional groups attached to an aromatic ring is 1. The first kappa shape index (κ1) is 12.2. The highest BCUT2D eigenvalue weighted by atomic mass is 15.2. The van der Waals surface area contributed by atoms with Crippen LogP contribution in [0.1, 0.15) is 18.4 Å². The zero-order valence-corrected chi connectivity index (χ0v) is 11.1. The Balaban J connectivity index is 2.16. The summed E-state index contributed by atoms with van der Waals surface area (Å²) < 4.78 is 0. The van der Waals surface area contributed by atoms with Gasteiger partial charge in [-0.25, -0.2) is 0 Å². The molecular formula is C14H23N3. The van der Waals surface area contributed by atoms with Crippen LogP contribution in [0.2, 0.25) is 0 Å². The number of rotatable bonds is 2. The van der Waals surface area contributed by atoms with E-state index in [4.69, 9.17) is 5.73 Å². The minimum Gasteiger partial charge on any atom is -0.399 e. The van der Waals surface area contributed by atoms with E-state index in [1.807, 2.05) is 6.07 Å². The van der Waals surface area contributed by atoms with Gasteiger partial charge in [0.1, 0.15) is 0 Å². The van der Waals surface area contributed by atoms with Crippen molar-refractivity contribution in [2.75, 3.05) is 37.8 Å². The predicted octanol–water partition coefficient (Wildman–Crippen LogP) is 2.11. The molecule has 2 rings (SSSR count). The average Bonchev–Trinajstić information content (AvgIpc) is 2.29. The maximum absolute atomic E-state index is 5.81. The maximum atomic E-state index is 5.81. The van der Waals surface area contributed by atoms with E-state index >= 15 is 0 Å². The van der Waals surface area contributed by atoms with Gasteiger partial charge in [-0.1, -0.05) is 0 Å². The predicted molar refractivity (Wildman–Crippen MR) is 74.5 cm³/mol. The lowest BCUT2D eigenvalue weighted by atomic mass is 10.0. The van der Waals surface area contributed by atoms with Gasteiger partial charge in [0.15, 0.2) is 0 Å². The van der Waals surface area contributed by atoms with Crippen molar-refractivity contribution in [3.63, 3.8) is 0 Å². The molecule has 1 fully saturated rings. The first-order chi connectivity index (χ1) is 8.08. The van der Waals surface area contributed by atoms with Crippen LogP contribution in [-0.2, 0) is 0 Å². The second-order valence-corrected chi connectivity index (χ2v) is 5.25. The van der Waals surface area contributed by atoms with Gasteiger partial charge < -0.3 is 15.5 Å². The summed E-state index contributed by atoms with van der Waals surface area (Å²) in [5.74, 6) is 0. The van der Waals surface area contributed by atoms with Gasteiger partial charge in [-0.15, -0.1) is 0 Å². The fraction of sp³-hybridized carbons (Fsp3) is 0.571. The topological polar surface area (TPSA) is 32.5 Å². The third-order valence-corrected chi connectivity index (χ3v) is 3.69. The van der Waals surface area contributed by atoms with E-state index in [-0.39, 0.29) is 0 Å². The molecule has 0 radical (unpaired) electrons. The first-order valence-corrected chi connectivity index (χ1v) is 6.35. The Morgan fingerprint density at radius 2 is 2.12 bits per heavy atom. The van der Waals surface area contributed by atoms with Crippen molar-refractivity contribution in [1.29, 1.82) is 0 Å². The van der Waals surface area contributed by atoms with E-state index in [0.29, 0.717) is 6.04 Å². The third kappa shape index (κ3) is 2.72. The van der Waals surface area contributed by atoms with E-state index in [1.165, 1.54) is 24.1 Å². The van der Waals surface area contributed by atoms with Gasteiger partial charge in [0.05, 0.1) is 0 Å². The van der Waals surface area contributed by atoms with Gasteiger partial charge in [-0.2, -0.15) is 0 Å². The Kier molecular flexibility index (Phi) is 3.57. The molecule has 1 saturated heterocycles. The van der Waals surface area contributed by atoms with Crippen molar-refractivity contribution >= 4 is 11.4 Å². The highest BCUT2D eigenvalue weighted by molar-refractivity contribution is 5.59. The van der Waals surface area contributed by atoms with Crippen LogP contribution in [0.5, 0.6) is 0 Å². The van der Waals surface area contributed by atoms with Gasteiger partial charge in [0.25, 0.3) is 0 Å². The molecule has 0 spiro atoms. The summed E-state index contributed by atoms with van der Waals surface area (Å²) >= 11 is 0. The van der Waals surface area contributed by atoms with Crippen LogP contribution in [0.4, 0.5) is 11.4 Å². The zero-order chi connectivity index (χ0) is 12.4. The second kappa shape index (κ2) is 4.96. The lowest BCUT2D eigenvalue weighted by Gasteiger charge is -2.38. The van der Waals surface area contributed by atoms with Crippen LogP contribution in [0.3, 0.4) is 0 Å². The van der Waals surface area contributed by atoms with Crippen LogP contribution in [0.25, 0.3) is 0 Å². The molecule has 1 atom stereocenters. The number of nitrogens with two attached hydrogens (primary N) is 1. The fourth-order valence-corrected chi connectivity index (χ4v) is 2.63. The number of hydrogen-bond donors (Lipinski definition) is 1. The van der Waals surface area contributed by atoms with Gasteiger partial charge in [-0.3, -0.25) is 0 Å². The lowest BCUT2D eigenvalue weighted by molar-refractivity contribution is 0.258. The third-order valence-electron chi connectivity index (χ3n) is 3.69. The van der Waals surface area contributed by atoms with Crippen LogP contribution < -0.4 is 10.6 Å². The van der Waals surface area contributed by atoms with Gasteiger partial charge in [-0.05, 0) is 57.6 Å². The molecule has 1 aromatic rings. The van der Waals surface area contributed by atoms with E-state index in [0.717, 1.165) is 18.8 Å². The summed E-state index contributed by atoms with van der Waals surface area (Å²) in [5, 5.41) is 0. The van der Waals surface area contributed by atoms with Crippen LogP contribution >= 0.6 is 0 Å². The van der Waals surface area contributed by atoms with Crippen molar-refractivity contribution < 1.29 is 0 Å². The van der Waals surface area contributed by atoms with Crippen molar-refractivity contribution in [3.8, 4) is 0 Å². The average molecular weight is 233 g/mol. The summed E-state index contributed by atoms with van der Waals surface area (Å²) in [7, 11) is 4.34. The molecule has 0 aliphatic carbocycles. The largest absolute Gasteiger partial charge is 0.399 e. The molecule has 3 nitrogen and oxygen atoms in total. The van der Waals surface area contributed by atoms with Crippen molar-refractivity contribution in [2.24, 2.45) is 0 Å². The molecule has 1 heterocycles. The van der Waals surface area contributed by atoms with E-state index in [9.17, 15) is 0 Å². The quantitative estimate of drug-likeness (QED) is 0.794. The van der Waals surface area contributed by atoms with Crippen molar-refractivity contribution in [2.45, 2.75) is 25.8 Å². The lowest BCUT2D eigenvalue weighted by Crippen LogP contribution is -2.45. The minimum atomic E-state index is 0.667. The Labute approximate surface area is 104 Å². The Hall–Kier alpha value is -1.22. The molecule has 17 heavy (non-hydrogen) atoms. The number of hydrogen-bond acceptors (Lipinski definition) is 3. The number of likely N-dealkylation sites (N-methyl/N-ethyl adjacent to an activating group) is 1. The summed E-state index contributed by atoms with van der Waals surface area (Å²) in [6, 6.07) is 6.89. The summed E-state index contributed by atoms with van der Waals surface area (Å²) in [6.07, 6.45) is 2.57. The number of nitrogens with zero attached hydrogens (tertiary/aromatic N) is 2. The number of piperidine rings is 1. The molecule has 1 aliphatic rings. The second-order valence-electron chi connectivity index (χ2n) is 5.25. The van der Waals surface area contributed by atoms with E-state index in [1.54, 1.807) is 0 Å². The van der Waals surface area contributed by atoms with Crippen LogP contribution in [-0.4, -0.2) is 38.1 Å². The molecule has 94 valence electrons. The summed E-state index contributed by atoms with van der Waals surface area (Å²) in [6.45, 7) is 4.43. The fourth-order valence-electron chi connectivity index (χ4n) is 2.63. The maximum Gasteiger partial charge on any atom is 0.0397 e. The number of benzene rings is 1. The molecule has 1 aliphatic heterocycles. The molecule has 1 aromatic carbocycles. The first-order valence-electron chi connectivity index (χ1n) is 6.35. The number of aryl methyl sites for hydroxylation is 1. The minimum absolute atomic E-state index is 0.667. The molecule has 1 unspecified atom stereocenters. The molecule has 0 aromatic heterocycles. The molecule has 2 N–H and O–H groups in total. The number of anilines is 2. The Bertz CT molecular complexity index is 387. The monoisotopic (exact) mass is 233 g/mol. The van der Waals surface area contributed by atoms with Crippen LogP contribution in [0, 0.1) is 6.92 Å². The smallest absolute Gasteiger partial charge is 0.0397 e. The molecular weight excluding hydrogens is 210 g/mol.